The molecular weight excluding hydrogens is 293 g/mol. The number of halogens is 2. The Balaban J connectivity index is 2.12. The minimum absolute atomic E-state index is 0.392. The van der Waals surface area contributed by atoms with E-state index in [9.17, 15) is 0 Å². The topological polar surface area (TPSA) is 43.8 Å². The van der Waals surface area contributed by atoms with Gasteiger partial charge in [0.2, 0.25) is 0 Å². The third-order valence-electron chi connectivity index (χ3n) is 3.40. The van der Waals surface area contributed by atoms with E-state index >= 15 is 0 Å². The molecule has 3 aromatic rings. The zero-order valence-electron chi connectivity index (χ0n) is 10.8. The van der Waals surface area contributed by atoms with Crippen LogP contribution in [0.1, 0.15) is 17.4 Å². The zero-order chi connectivity index (χ0) is 14.3. The highest BCUT2D eigenvalue weighted by atomic mass is 35.5. The van der Waals surface area contributed by atoms with Crippen LogP contribution in [-0.4, -0.2) is 9.55 Å². The van der Waals surface area contributed by atoms with Gasteiger partial charge in [-0.25, -0.2) is 4.98 Å². The number of imidazole rings is 1. The van der Waals surface area contributed by atoms with Gasteiger partial charge in [-0.2, -0.15) is 0 Å². The van der Waals surface area contributed by atoms with Gasteiger partial charge in [0.1, 0.15) is 5.82 Å². The fourth-order valence-electron chi connectivity index (χ4n) is 2.34. The molecule has 102 valence electrons. The molecule has 1 heterocycles. The lowest BCUT2D eigenvalue weighted by Gasteiger charge is -2.14. The minimum Gasteiger partial charge on any atom is -0.330 e. The minimum atomic E-state index is -0.392. The van der Waals surface area contributed by atoms with Gasteiger partial charge in [-0.05, 0) is 29.8 Å². The second-order valence-electron chi connectivity index (χ2n) is 4.66. The van der Waals surface area contributed by atoms with E-state index in [4.69, 9.17) is 28.9 Å². The fourth-order valence-corrected chi connectivity index (χ4v) is 2.86. The van der Waals surface area contributed by atoms with Crippen LogP contribution in [-0.2, 0) is 7.05 Å². The summed E-state index contributed by atoms with van der Waals surface area (Å²) < 4.78 is 1.99. The van der Waals surface area contributed by atoms with E-state index in [-0.39, 0.29) is 0 Å². The van der Waals surface area contributed by atoms with Crippen LogP contribution in [0.15, 0.2) is 42.5 Å². The number of para-hydroxylation sites is 2. The third kappa shape index (κ3) is 2.18. The molecule has 0 aliphatic carbocycles. The van der Waals surface area contributed by atoms with E-state index in [0.717, 1.165) is 22.4 Å². The van der Waals surface area contributed by atoms with Gasteiger partial charge in [0.05, 0.1) is 17.1 Å². The van der Waals surface area contributed by atoms with Crippen molar-refractivity contribution in [2.24, 2.45) is 12.8 Å². The van der Waals surface area contributed by atoms with E-state index in [0.29, 0.717) is 10.0 Å². The van der Waals surface area contributed by atoms with Gasteiger partial charge in [-0.15, -0.1) is 0 Å². The van der Waals surface area contributed by atoms with Gasteiger partial charge in [-0.3, -0.25) is 0 Å². The molecule has 1 aromatic heterocycles. The lowest BCUT2D eigenvalue weighted by Crippen LogP contribution is -2.17. The van der Waals surface area contributed by atoms with Gasteiger partial charge in [-0.1, -0.05) is 41.4 Å². The molecule has 5 heteroatoms. The molecule has 0 bridgehead atoms. The molecule has 0 amide bonds. The summed E-state index contributed by atoms with van der Waals surface area (Å²) in [4.78, 5) is 4.60. The number of nitrogens with zero attached hydrogens (tertiary/aromatic N) is 2. The fraction of sp³-hybridized carbons (Fsp3) is 0.133. The van der Waals surface area contributed by atoms with Crippen LogP contribution < -0.4 is 5.73 Å². The van der Waals surface area contributed by atoms with Crippen molar-refractivity contribution in [3.8, 4) is 0 Å². The number of aromatic nitrogens is 2. The lowest BCUT2D eigenvalue weighted by molar-refractivity contribution is 0.728. The highest BCUT2D eigenvalue weighted by Gasteiger charge is 2.18. The number of rotatable bonds is 2. The Morgan fingerprint density at radius 1 is 1.15 bits per heavy atom. The Morgan fingerprint density at radius 2 is 1.90 bits per heavy atom. The van der Waals surface area contributed by atoms with Crippen LogP contribution in [0.2, 0.25) is 10.0 Å². The Hall–Kier alpha value is -1.55. The molecule has 3 nitrogen and oxygen atoms in total. The maximum absolute atomic E-state index is 6.32. The van der Waals surface area contributed by atoms with Gasteiger partial charge in [0.25, 0.3) is 0 Å². The Labute approximate surface area is 126 Å². The zero-order valence-corrected chi connectivity index (χ0v) is 12.4. The molecule has 1 atom stereocenters. The van der Waals surface area contributed by atoms with Crippen molar-refractivity contribution in [3.05, 3.63) is 63.9 Å². The first-order chi connectivity index (χ1) is 9.58. The molecule has 0 radical (unpaired) electrons. The average Bonchev–Trinajstić information content (AvgIpc) is 2.76. The molecule has 0 spiro atoms. The van der Waals surface area contributed by atoms with Crippen LogP contribution in [0.5, 0.6) is 0 Å². The van der Waals surface area contributed by atoms with E-state index in [1.165, 1.54) is 0 Å². The van der Waals surface area contributed by atoms with Gasteiger partial charge >= 0.3 is 0 Å². The molecule has 2 aromatic carbocycles. The highest BCUT2D eigenvalue weighted by molar-refractivity contribution is 6.35. The van der Waals surface area contributed by atoms with Crippen molar-refractivity contribution >= 4 is 34.2 Å². The van der Waals surface area contributed by atoms with Crippen molar-refractivity contribution in [3.63, 3.8) is 0 Å². The van der Waals surface area contributed by atoms with Crippen molar-refractivity contribution in [1.82, 2.24) is 9.55 Å². The second kappa shape index (κ2) is 5.09. The van der Waals surface area contributed by atoms with E-state index < -0.39 is 6.04 Å². The maximum Gasteiger partial charge on any atom is 0.131 e. The molecule has 0 saturated carbocycles. The number of aryl methyl sites for hydroxylation is 1. The molecule has 2 N–H and O–H groups in total. The summed E-state index contributed by atoms with van der Waals surface area (Å²) in [5.74, 6) is 0.774. The first-order valence-electron chi connectivity index (χ1n) is 6.20. The molecule has 20 heavy (non-hydrogen) atoms. The molecule has 1 unspecified atom stereocenters. The normalized spacial score (nSPS) is 12.8. The van der Waals surface area contributed by atoms with Gasteiger partial charge < -0.3 is 10.3 Å². The van der Waals surface area contributed by atoms with Crippen LogP contribution in [0, 0.1) is 0 Å². The number of fused-ring (bicyclic) bond motifs is 1. The lowest BCUT2D eigenvalue weighted by atomic mass is 10.1. The molecule has 0 aliphatic heterocycles. The second-order valence-corrected chi connectivity index (χ2v) is 5.50. The first-order valence-corrected chi connectivity index (χ1v) is 6.95. The summed E-state index contributed by atoms with van der Waals surface area (Å²) >= 11 is 12.1. The molecule has 0 saturated heterocycles. The molecule has 3 rings (SSSR count). The van der Waals surface area contributed by atoms with Crippen LogP contribution in [0.25, 0.3) is 11.0 Å². The number of benzene rings is 2. The Bertz CT molecular complexity index is 780. The average molecular weight is 306 g/mol. The van der Waals surface area contributed by atoms with Crippen LogP contribution in [0.4, 0.5) is 0 Å². The first kappa shape index (κ1) is 13.4. The van der Waals surface area contributed by atoms with Gasteiger partial charge in [0, 0.05) is 17.1 Å². The van der Waals surface area contributed by atoms with Gasteiger partial charge in [0.15, 0.2) is 0 Å². The van der Waals surface area contributed by atoms with Crippen molar-refractivity contribution in [1.29, 1.82) is 0 Å². The maximum atomic E-state index is 6.32. The molecule has 0 fully saturated rings. The quantitative estimate of drug-likeness (QED) is 0.779. The summed E-state index contributed by atoms with van der Waals surface area (Å²) in [5, 5.41) is 1.15. The molecule has 0 aliphatic rings. The van der Waals surface area contributed by atoms with E-state index in [1.807, 2.05) is 41.9 Å². The summed E-state index contributed by atoms with van der Waals surface area (Å²) in [6.45, 7) is 0. The van der Waals surface area contributed by atoms with E-state index in [1.54, 1.807) is 12.1 Å². The third-order valence-corrected chi connectivity index (χ3v) is 3.96. The highest BCUT2D eigenvalue weighted by Crippen LogP contribution is 2.29. The molecular formula is C15H13Cl2N3. The largest absolute Gasteiger partial charge is 0.330 e. The number of nitrogens with two attached hydrogens (primary N) is 1. The van der Waals surface area contributed by atoms with E-state index in [2.05, 4.69) is 4.98 Å². The van der Waals surface area contributed by atoms with Crippen molar-refractivity contribution in [2.45, 2.75) is 6.04 Å². The predicted molar refractivity (Wildman–Crippen MR) is 83.2 cm³/mol. The summed E-state index contributed by atoms with van der Waals surface area (Å²) in [5.41, 5.74) is 9.10. The summed E-state index contributed by atoms with van der Waals surface area (Å²) in [6, 6.07) is 12.9. The summed E-state index contributed by atoms with van der Waals surface area (Å²) in [6.07, 6.45) is 0. The Morgan fingerprint density at radius 3 is 2.60 bits per heavy atom. The van der Waals surface area contributed by atoms with Crippen LogP contribution >= 0.6 is 23.2 Å². The van der Waals surface area contributed by atoms with Crippen LogP contribution in [0.3, 0.4) is 0 Å². The van der Waals surface area contributed by atoms with Crippen molar-refractivity contribution < 1.29 is 0 Å². The smallest absolute Gasteiger partial charge is 0.131 e. The monoisotopic (exact) mass is 305 g/mol. The Kier molecular flexibility index (Phi) is 3.42. The summed E-state index contributed by atoms with van der Waals surface area (Å²) in [7, 11) is 1.95. The number of hydrogen-bond acceptors (Lipinski definition) is 2. The SMILES string of the molecule is Cn1c(C(N)c2ccc(Cl)cc2Cl)nc2ccccc21. The van der Waals surface area contributed by atoms with Crippen molar-refractivity contribution in [2.75, 3.05) is 0 Å². The standard InChI is InChI=1S/C15H13Cl2N3/c1-20-13-5-3-2-4-12(13)19-15(20)14(18)10-7-6-9(16)8-11(10)17/h2-8,14H,18H2,1H3. The number of hydrogen-bond donors (Lipinski definition) is 1. The predicted octanol–water partition coefficient (Wildman–Crippen LogP) is 3.93.